The number of nitrogen functional groups attached to an aromatic ring is 1. The largest absolute Gasteiger partial charge is 0.396 e. The molecule has 1 fully saturated rings. The van der Waals surface area contributed by atoms with Crippen LogP contribution in [0.3, 0.4) is 0 Å². The zero-order valence-corrected chi connectivity index (χ0v) is 6.76. The number of halogens is 1. The van der Waals surface area contributed by atoms with Crippen LogP contribution in [0.1, 0.15) is 6.42 Å². The smallest absolute Gasteiger partial charge is 0.148 e. The number of nitrogens with two attached hydrogens (primary N) is 1. The minimum atomic E-state index is -0.320. The zero-order chi connectivity index (χ0) is 8.55. The Morgan fingerprint density at radius 1 is 1.33 bits per heavy atom. The van der Waals surface area contributed by atoms with E-state index in [1.807, 2.05) is 6.07 Å². The Bertz CT molecular complexity index is 295. The third kappa shape index (κ3) is 1.11. The Morgan fingerprint density at radius 3 is 2.58 bits per heavy atom. The predicted molar refractivity (Wildman–Crippen MR) is 47.6 cm³/mol. The molecule has 1 aromatic carbocycles. The van der Waals surface area contributed by atoms with E-state index in [9.17, 15) is 4.39 Å². The van der Waals surface area contributed by atoms with E-state index in [1.54, 1.807) is 6.07 Å². The molecule has 0 spiro atoms. The molecule has 0 amide bonds. The minimum absolute atomic E-state index is 0.222. The fourth-order valence-electron chi connectivity index (χ4n) is 1.29. The monoisotopic (exact) mass is 166 g/mol. The van der Waals surface area contributed by atoms with Gasteiger partial charge in [-0.3, -0.25) is 0 Å². The van der Waals surface area contributed by atoms with Crippen LogP contribution in [0.4, 0.5) is 15.8 Å². The Morgan fingerprint density at radius 2 is 2.08 bits per heavy atom. The van der Waals surface area contributed by atoms with Crippen molar-refractivity contribution in [1.82, 2.24) is 0 Å². The number of anilines is 2. The van der Waals surface area contributed by atoms with Crippen molar-refractivity contribution < 1.29 is 4.39 Å². The second-order valence-electron chi connectivity index (χ2n) is 3.05. The first-order valence-electron chi connectivity index (χ1n) is 4.07. The first-order chi connectivity index (χ1) is 5.77. The quantitative estimate of drug-likeness (QED) is 0.642. The standard InChI is InChI=1S/C9H11FN2/c10-8-6-7(2-3-9(8)11)12-4-1-5-12/h2-3,6H,1,4-5,11H2. The molecule has 1 aromatic rings. The number of hydrogen-bond donors (Lipinski definition) is 1. The SMILES string of the molecule is Nc1ccc(N2CCC2)cc1F. The van der Waals surface area contributed by atoms with E-state index in [2.05, 4.69) is 4.90 Å². The van der Waals surface area contributed by atoms with E-state index < -0.39 is 0 Å². The van der Waals surface area contributed by atoms with Crippen molar-refractivity contribution in [1.29, 1.82) is 0 Å². The minimum Gasteiger partial charge on any atom is -0.396 e. The highest BCUT2D eigenvalue weighted by atomic mass is 19.1. The van der Waals surface area contributed by atoms with Crippen molar-refractivity contribution in [2.45, 2.75) is 6.42 Å². The van der Waals surface area contributed by atoms with Crippen molar-refractivity contribution in [3.05, 3.63) is 24.0 Å². The highest BCUT2D eigenvalue weighted by molar-refractivity contribution is 5.55. The van der Waals surface area contributed by atoms with E-state index in [4.69, 9.17) is 5.73 Å². The topological polar surface area (TPSA) is 29.3 Å². The molecule has 3 heteroatoms. The van der Waals surface area contributed by atoms with Gasteiger partial charge in [-0.15, -0.1) is 0 Å². The fourth-order valence-corrected chi connectivity index (χ4v) is 1.29. The molecule has 2 nitrogen and oxygen atoms in total. The predicted octanol–water partition coefficient (Wildman–Crippen LogP) is 1.62. The summed E-state index contributed by atoms with van der Waals surface area (Å²) in [5.41, 5.74) is 6.51. The van der Waals surface area contributed by atoms with Gasteiger partial charge in [-0.2, -0.15) is 0 Å². The van der Waals surface area contributed by atoms with Crippen molar-refractivity contribution >= 4 is 11.4 Å². The number of rotatable bonds is 1. The third-order valence-corrected chi connectivity index (χ3v) is 2.21. The van der Waals surface area contributed by atoms with Gasteiger partial charge in [-0.1, -0.05) is 0 Å². The van der Waals surface area contributed by atoms with Crippen LogP contribution in [-0.4, -0.2) is 13.1 Å². The molecular formula is C9H11FN2. The Balaban J connectivity index is 2.27. The van der Waals surface area contributed by atoms with E-state index in [-0.39, 0.29) is 11.5 Å². The third-order valence-electron chi connectivity index (χ3n) is 2.21. The zero-order valence-electron chi connectivity index (χ0n) is 6.76. The number of nitrogens with zero attached hydrogens (tertiary/aromatic N) is 1. The van der Waals surface area contributed by atoms with Gasteiger partial charge in [-0.25, -0.2) is 4.39 Å². The summed E-state index contributed by atoms with van der Waals surface area (Å²) in [7, 11) is 0. The summed E-state index contributed by atoms with van der Waals surface area (Å²) in [5, 5.41) is 0. The molecule has 1 saturated heterocycles. The fraction of sp³-hybridized carbons (Fsp3) is 0.333. The van der Waals surface area contributed by atoms with E-state index in [0.29, 0.717) is 0 Å². The van der Waals surface area contributed by atoms with Crippen molar-refractivity contribution in [3.8, 4) is 0 Å². The van der Waals surface area contributed by atoms with Crippen LogP contribution in [0, 0.1) is 5.82 Å². The molecule has 0 unspecified atom stereocenters. The summed E-state index contributed by atoms with van der Waals surface area (Å²) in [6, 6.07) is 4.97. The first kappa shape index (κ1) is 7.40. The molecule has 0 bridgehead atoms. The molecule has 0 saturated carbocycles. The van der Waals surface area contributed by atoms with Gasteiger partial charge in [0.05, 0.1) is 5.69 Å². The first-order valence-corrected chi connectivity index (χ1v) is 4.07. The van der Waals surface area contributed by atoms with Crippen molar-refractivity contribution in [2.24, 2.45) is 0 Å². The highest BCUT2D eigenvalue weighted by Gasteiger charge is 2.14. The molecule has 1 heterocycles. The number of hydrogen-bond acceptors (Lipinski definition) is 2. The van der Waals surface area contributed by atoms with Gasteiger partial charge < -0.3 is 10.6 Å². The lowest BCUT2D eigenvalue weighted by Gasteiger charge is -2.33. The van der Waals surface area contributed by atoms with Gasteiger partial charge in [0, 0.05) is 18.8 Å². The lowest BCUT2D eigenvalue weighted by molar-refractivity contribution is 0.605. The van der Waals surface area contributed by atoms with Crippen LogP contribution in [-0.2, 0) is 0 Å². The maximum atomic E-state index is 12.9. The molecule has 0 atom stereocenters. The summed E-state index contributed by atoms with van der Waals surface area (Å²) >= 11 is 0. The summed E-state index contributed by atoms with van der Waals surface area (Å²) in [6.45, 7) is 2.06. The van der Waals surface area contributed by atoms with Gasteiger partial charge in [0.15, 0.2) is 0 Å². The van der Waals surface area contributed by atoms with Crippen LogP contribution in [0.25, 0.3) is 0 Å². The molecule has 1 aliphatic rings. The van der Waals surface area contributed by atoms with Crippen molar-refractivity contribution in [2.75, 3.05) is 23.7 Å². The van der Waals surface area contributed by atoms with E-state index in [0.717, 1.165) is 18.8 Å². The Labute approximate surface area is 70.8 Å². The van der Waals surface area contributed by atoms with Gasteiger partial charge in [0.1, 0.15) is 5.82 Å². The second-order valence-corrected chi connectivity index (χ2v) is 3.05. The van der Waals surface area contributed by atoms with E-state index >= 15 is 0 Å². The molecule has 2 rings (SSSR count). The van der Waals surface area contributed by atoms with Gasteiger partial charge in [0.25, 0.3) is 0 Å². The average Bonchev–Trinajstić information content (AvgIpc) is 1.93. The van der Waals surface area contributed by atoms with E-state index in [1.165, 1.54) is 12.5 Å². The van der Waals surface area contributed by atoms with Crippen LogP contribution in [0.2, 0.25) is 0 Å². The van der Waals surface area contributed by atoms with Crippen molar-refractivity contribution in [3.63, 3.8) is 0 Å². The molecule has 0 radical (unpaired) electrons. The van der Waals surface area contributed by atoms with Crippen LogP contribution in [0.5, 0.6) is 0 Å². The second kappa shape index (κ2) is 2.66. The highest BCUT2D eigenvalue weighted by Crippen LogP contribution is 2.23. The summed E-state index contributed by atoms with van der Waals surface area (Å²) in [6.07, 6.45) is 1.20. The van der Waals surface area contributed by atoms with Gasteiger partial charge in [-0.05, 0) is 24.6 Å². The summed E-state index contributed by atoms with van der Waals surface area (Å²) in [5.74, 6) is -0.320. The average molecular weight is 166 g/mol. The summed E-state index contributed by atoms with van der Waals surface area (Å²) in [4.78, 5) is 2.13. The van der Waals surface area contributed by atoms with Crippen LogP contribution < -0.4 is 10.6 Å². The Kier molecular flexibility index (Phi) is 1.64. The Hall–Kier alpha value is -1.25. The molecule has 2 N–H and O–H groups in total. The molecule has 64 valence electrons. The van der Waals surface area contributed by atoms with Gasteiger partial charge >= 0.3 is 0 Å². The summed E-state index contributed by atoms with van der Waals surface area (Å²) < 4.78 is 12.9. The lowest BCUT2D eigenvalue weighted by atomic mass is 10.1. The molecule has 12 heavy (non-hydrogen) atoms. The molecule has 0 aromatic heterocycles. The van der Waals surface area contributed by atoms with Crippen LogP contribution in [0.15, 0.2) is 18.2 Å². The lowest BCUT2D eigenvalue weighted by Crippen LogP contribution is -2.36. The van der Waals surface area contributed by atoms with Gasteiger partial charge in [0.2, 0.25) is 0 Å². The maximum Gasteiger partial charge on any atom is 0.148 e. The molecule has 0 aliphatic carbocycles. The number of benzene rings is 1. The molecular weight excluding hydrogens is 155 g/mol. The maximum absolute atomic E-state index is 12.9. The normalized spacial score (nSPS) is 15.9. The molecule has 1 aliphatic heterocycles. The van der Waals surface area contributed by atoms with Crippen LogP contribution >= 0.6 is 0 Å².